The van der Waals surface area contributed by atoms with Crippen molar-refractivity contribution in [2.75, 3.05) is 0 Å². The molecule has 0 heterocycles. The third-order valence-electron chi connectivity index (χ3n) is 1.93. The van der Waals surface area contributed by atoms with Gasteiger partial charge in [-0.3, -0.25) is 0 Å². The molecule has 0 spiro atoms. The Labute approximate surface area is 85.4 Å². The first-order valence-electron chi connectivity index (χ1n) is 4.36. The quantitative estimate of drug-likeness (QED) is 0.767. The lowest BCUT2D eigenvalue weighted by atomic mass is 10.4. The van der Waals surface area contributed by atoms with Gasteiger partial charge in [-0.15, -0.1) is 0 Å². The Kier molecular flexibility index (Phi) is 3.29. The van der Waals surface area contributed by atoms with Crippen LogP contribution in [0.2, 0.25) is 0 Å². The topological polar surface area (TPSA) is 37.4 Å². The molecule has 1 rings (SSSR count). The molecule has 0 aromatic heterocycles. The molecule has 4 heteroatoms. The van der Waals surface area contributed by atoms with Crippen LogP contribution in [0.3, 0.4) is 0 Å². The summed E-state index contributed by atoms with van der Waals surface area (Å²) in [5.41, 5.74) is 0. The van der Waals surface area contributed by atoms with Gasteiger partial charge in [0.1, 0.15) is 0 Å². The zero-order valence-corrected chi connectivity index (χ0v) is 9.16. The number of benzene rings is 1. The Morgan fingerprint density at radius 2 is 1.71 bits per heavy atom. The number of hydrogen-bond donors (Lipinski definition) is 0. The van der Waals surface area contributed by atoms with Crippen molar-refractivity contribution in [1.29, 1.82) is 0 Å². The molecular weight excluding hydrogens is 198 g/mol. The Bertz CT molecular complexity index is 384. The molecule has 0 aliphatic heterocycles. The van der Waals surface area contributed by atoms with E-state index in [1.807, 2.05) is 0 Å². The van der Waals surface area contributed by atoms with Gasteiger partial charge >= 0.3 is 0 Å². The molecule has 0 N–H and O–H groups in total. The summed E-state index contributed by atoms with van der Waals surface area (Å²) in [5.74, 6) is 0. The van der Waals surface area contributed by atoms with E-state index < -0.39 is 10.0 Å². The first kappa shape index (κ1) is 11.2. The summed E-state index contributed by atoms with van der Waals surface area (Å²) >= 11 is 0. The molecule has 0 aliphatic carbocycles. The van der Waals surface area contributed by atoms with Gasteiger partial charge in [0.15, 0.2) is 0 Å². The Morgan fingerprint density at radius 3 is 2.14 bits per heavy atom. The van der Waals surface area contributed by atoms with Crippen molar-refractivity contribution in [3.8, 4) is 0 Å². The summed E-state index contributed by atoms with van der Waals surface area (Å²) < 4.78 is 24.8. The molecule has 14 heavy (non-hydrogen) atoms. The molecule has 0 fully saturated rings. The zero-order valence-electron chi connectivity index (χ0n) is 8.34. The second-order valence-electron chi connectivity index (χ2n) is 3.30. The van der Waals surface area contributed by atoms with E-state index in [4.69, 9.17) is 0 Å². The van der Waals surface area contributed by atoms with Crippen molar-refractivity contribution >= 4 is 10.0 Å². The van der Waals surface area contributed by atoms with Gasteiger partial charge in [0, 0.05) is 13.1 Å². The molecule has 0 saturated carbocycles. The molecule has 0 amide bonds. The summed E-state index contributed by atoms with van der Waals surface area (Å²) in [4.78, 5) is 0.281. The van der Waals surface area contributed by atoms with Crippen LogP contribution in [-0.2, 0) is 10.0 Å². The van der Waals surface area contributed by atoms with Crippen LogP contribution >= 0.6 is 0 Å². The molecule has 3 nitrogen and oxygen atoms in total. The van der Waals surface area contributed by atoms with E-state index in [-0.39, 0.29) is 10.9 Å². The zero-order chi connectivity index (χ0) is 10.8. The average Bonchev–Trinajstić information content (AvgIpc) is 2.18. The SMILES string of the molecule is [CH2]N(C(C)C)S(=O)(=O)c1ccccc1. The number of sulfonamides is 1. The Morgan fingerprint density at radius 1 is 1.21 bits per heavy atom. The first-order chi connectivity index (χ1) is 6.46. The molecule has 1 aromatic carbocycles. The van der Waals surface area contributed by atoms with Crippen LogP contribution < -0.4 is 0 Å². The van der Waals surface area contributed by atoms with Crippen LogP contribution in [0.15, 0.2) is 35.2 Å². The van der Waals surface area contributed by atoms with Gasteiger partial charge in [0.2, 0.25) is 10.0 Å². The molecular formula is C10H14NO2S. The second kappa shape index (κ2) is 4.11. The summed E-state index contributed by atoms with van der Waals surface area (Å²) in [6, 6.07) is 8.16. The normalized spacial score (nSPS) is 12.4. The number of nitrogens with zero attached hydrogens (tertiary/aromatic N) is 1. The summed E-state index contributed by atoms with van der Waals surface area (Å²) in [6.07, 6.45) is 0. The highest BCUT2D eigenvalue weighted by molar-refractivity contribution is 7.89. The number of rotatable bonds is 3. The van der Waals surface area contributed by atoms with Crippen molar-refractivity contribution in [2.24, 2.45) is 0 Å². The van der Waals surface area contributed by atoms with Crippen LogP contribution in [0, 0.1) is 7.05 Å². The van der Waals surface area contributed by atoms with E-state index in [0.717, 1.165) is 4.31 Å². The van der Waals surface area contributed by atoms with E-state index in [2.05, 4.69) is 7.05 Å². The monoisotopic (exact) mass is 212 g/mol. The predicted molar refractivity (Wildman–Crippen MR) is 56.0 cm³/mol. The lowest BCUT2D eigenvalue weighted by Gasteiger charge is -2.20. The molecule has 77 valence electrons. The van der Waals surface area contributed by atoms with Crippen LogP contribution in [0.4, 0.5) is 0 Å². The van der Waals surface area contributed by atoms with Crippen LogP contribution in [0.1, 0.15) is 13.8 Å². The fraction of sp³-hybridized carbons (Fsp3) is 0.300. The molecule has 1 aromatic rings. The van der Waals surface area contributed by atoms with Crippen molar-refractivity contribution in [1.82, 2.24) is 4.31 Å². The standard InChI is InChI=1S/C10H14NO2S/c1-9(2)11(3)14(12,13)10-7-5-4-6-8-10/h4-9H,3H2,1-2H3. The van der Waals surface area contributed by atoms with Gasteiger partial charge in [-0.25, -0.2) is 8.42 Å². The van der Waals surface area contributed by atoms with E-state index in [1.165, 1.54) is 0 Å². The predicted octanol–water partition coefficient (Wildman–Crippen LogP) is 1.88. The smallest absolute Gasteiger partial charge is 0.207 e. The maximum Gasteiger partial charge on any atom is 0.243 e. The molecule has 0 aliphatic rings. The summed E-state index contributed by atoms with van der Waals surface area (Å²) in [5, 5.41) is 0. The Hall–Kier alpha value is -0.870. The first-order valence-corrected chi connectivity index (χ1v) is 5.80. The highest BCUT2D eigenvalue weighted by atomic mass is 32.2. The summed E-state index contributed by atoms with van der Waals surface area (Å²) in [6.45, 7) is 3.57. The minimum absolute atomic E-state index is 0.139. The molecule has 0 saturated heterocycles. The van der Waals surface area contributed by atoms with E-state index in [9.17, 15) is 8.42 Å². The molecule has 0 atom stereocenters. The molecule has 0 unspecified atom stereocenters. The largest absolute Gasteiger partial charge is 0.243 e. The van der Waals surface area contributed by atoms with Crippen LogP contribution in [0.25, 0.3) is 0 Å². The maximum absolute atomic E-state index is 11.8. The molecule has 1 radical (unpaired) electrons. The third-order valence-corrected chi connectivity index (χ3v) is 3.83. The van der Waals surface area contributed by atoms with Crippen LogP contribution in [-0.4, -0.2) is 18.8 Å². The van der Waals surface area contributed by atoms with E-state index in [1.54, 1.807) is 44.2 Å². The minimum atomic E-state index is -3.42. The van der Waals surface area contributed by atoms with Gasteiger partial charge in [-0.05, 0) is 26.0 Å². The van der Waals surface area contributed by atoms with Gasteiger partial charge < -0.3 is 0 Å². The van der Waals surface area contributed by atoms with Crippen molar-refractivity contribution in [3.05, 3.63) is 37.4 Å². The van der Waals surface area contributed by atoms with Gasteiger partial charge in [-0.1, -0.05) is 18.2 Å². The fourth-order valence-corrected chi connectivity index (χ4v) is 2.33. The van der Waals surface area contributed by atoms with Gasteiger partial charge in [0.05, 0.1) is 4.90 Å². The Balaban J connectivity index is 3.10. The van der Waals surface area contributed by atoms with E-state index >= 15 is 0 Å². The van der Waals surface area contributed by atoms with Crippen molar-refractivity contribution in [2.45, 2.75) is 24.8 Å². The van der Waals surface area contributed by atoms with Crippen molar-refractivity contribution < 1.29 is 8.42 Å². The van der Waals surface area contributed by atoms with Gasteiger partial charge in [-0.2, -0.15) is 4.31 Å². The van der Waals surface area contributed by atoms with E-state index in [0.29, 0.717) is 0 Å². The fourth-order valence-electron chi connectivity index (χ4n) is 1.01. The maximum atomic E-state index is 11.8. The number of hydrogen-bond acceptors (Lipinski definition) is 2. The van der Waals surface area contributed by atoms with Gasteiger partial charge in [0.25, 0.3) is 0 Å². The lowest BCUT2D eigenvalue weighted by molar-refractivity contribution is 0.438. The average molecular weight is 212 g/mol. The summed E-state index contributed by atoms with van der Waals surface area (Å²) in [7, 11) is 0.115. The lowest BCUT2D eigenvalue weighted by Crippen LogP contribution is -2.31. The van der Waals surface area contributed by atoms with Crippen LogP contribution in [0.5, 0.6) is 0 Å². The van der Waals surface area contributed by atoms with Crippen molar-refractivity contribution in [3.63, 3.8) is 0 Å². The highest BCUT2D eigenvalue weighted by Gasteiger charge is 2.22. The molecule has 0 bridgehead atoms. The minimum Gasteiger partial charge on any atom is -0.207 e. The third kappa shape index (κ3) is 2.13. The highest BCUT2D eigenvalue weighted by Crippen LogP contribution is 2.16. The second-order valence-corrected chi connectivity index (χ2v) is 5.19.